The maximum absolute atomic E-state index is 13.8. The van der Waals surface area contributed by atoms with Crippen molar-refractivity contribution in [1.29, 1.82) is 0 Å². The predicted octanol–water partition coefficient (Wildman–Crippen LogP) is 3.80. The zero-order valence-corrected chi connectivity index (χ0v) is 15.9. The van der Waals surface area contributed by atoms with Gasteiger partial charge in [0.2, 0.25) is 0 Å². The number of carbonyl (C=O) groups excluding carboxylic acids is 2. The minimum atomic E-state index is -1.07. The van der Waals surface area contributed by atoms with Crippen LogP contribution in [0.2, 0.25) is 0 Å². The van der Waals surface area contributed by atoms with Crippen molar-refractivity contribution in [3.8, 4) is 0 Å². The van der Waals surface area contributed by atoms with Gasteiger partial charge in [-0.15, -0.1) is 0 Å². The largest absolute Gasteiger partial charge is 0.481 e. The fourth-order valence-corrected chi connectivity index (χ4v) is 2.51. The minimum absolute atomic E-state index is 0.0182. The number of aliphatic carboxylic acids is 1. The summed E-state index contributed by atoms with van der Waals surface area (Å²) in [6.45, 7) is 5.20. The zero-order valence-electron chi connectivity index (χ0n) is 14.3. The van der Waals surface area contributed by atoms with Crippen LogP contribution in [-0.2, 0) is 9.59 Å². The summed E-state index contributed by atoms with van der Waals surface area (Å²) in [5.74, 6) is -2.78. The third-order valence-corrected chi connectivity index (χ3v) is 4.00. The Balaban J connectivity index is 2.77. The Hall–Kier alpha value is -1.96. The van der Waals surface area contributed by atoms with Gasteiger partial charge in [-0.2, -0.15) is 0 Å². The van der Waals surface area contributed by atoms with Crippen molar-refractivity contribution in [1.82, 2.24) is 5.32 Å². The second kappa shape index (κ2) is 9.50. The molecule has 3 N–H and O–H groups in total. The normalized spacial score (nSPS) is 13.2. The van der Waals surface area contributed by atoms with Gasteiger partial charge >= 0.3 is 12.0 Å². The van der Waals surface area contributed by atoms with Crippen molar-refractivity contribution in [3.63, 3.8) is 0 Å². The molecule has 1 rings (SSSR count). The number of urea groups is 1. The molecule has 0 radical (unpaired) electrons. The maximum Gasteiger partial charge on any atom is 0.319 e. The van der Waals surface area contributed by atoms with Crippen LogP contribution in [0.3, 0.4) is 0 Å². The average molecular weight is 417 g/mol. The van der Waals surface area contributed by atoms with Gasteiger partial charge in [0.05, 0.1) is 17.6 Å². The summed E-state index contributed by atoms with van der Waals surface area (Å²) in [5.41, 5.74) is -0.0182. The van der Waals surface area contributed by atoms with Gasteiger partial charge in [0.1, 0.15) is 5.82 Å². The first kappa shape index (κ1) is 21.1. The van der Waals surface area contributed by atoms with Crippen molar-refractivity contribution < 1.29 is 23.9 Å². The molecule has 0 heterocycles. The first-order valence-corrected chi connectivity index (χ1v) is 8.67. The van der Waals surface area contributed by atoms with Crippen molar-refractivity contribution in [2.45, 2.75) is 39.7 Å². The van der Waals surface area contributed by atoms with E-state index in [9.17, 15) is 18.8 Å². The first-order chi connectivity index (χ1) is 11.6. The van der Waals surface area contributed by atoms with Crippen molar-refractivity contribution >= 4 is 39.4 Å². The molecule has 138 valence electrons. The highest BCUT2D eigenvalue weighted by Crippen LogP contribution is 2.19. The number of nitrogens with one attached hydrogen (secondary N) is 2. The van der Waals surface area contributed by atoms with Crippen LogP contribution in [-0.4, -0.2) is 28.9 Å². The summed E-state index contributed by atoms with van der Waals surface area (Å²) in [6.07, 6.45) is 0.182. The Morgan fingerprint density at radius 3 is 2.40 bits per heavy atom. The minimum Gasteiger partial charge on any atom is -0.481 e. The molecule has 0 aliphatic carbocycles. The molecule has 1 aromatic rings. The number of amides is 2. The topological polar surface area (TPSA) is 95.5 Å². The van der Waals surface area contributed by atoms with Crippen molar-refractivity contribution in [3.05, 3.63) is 28.5 Å². The molecule has 0 spiro atoms. The second-order valence-electron chi connectivity index (χ2n) is 6.31. The zero-order chi connectivity index (χ0) is 19.1. The highest BCUT2D eigenvalue weighted by Gasteiger charge is 2.25. The molecule has 0 aliphatic rings. The number of ketones is 1. The van der Waals surface area contributed by atoms with E-state index in [1.807, 2.05) is 13.8 Å². The Morgan fingerprint density at radius 2 is 1.88 bits per heavy atom. The molecule has 25 heavy (non-hydrogen) atoms. The van der Waals surface area contributed by atoms with Gasteiger partial charge in [-0.1, -0.05) is 36.7 Å². The van der Waals surface area contributed by atoms with Gasteiger partial charge in [0, 0.05) is 10.9 Å². The fraction of sp³-hybridized carbons (Fsp3) is 0.471. The predicted molar refractivity (Wildman–Crippen MR) is 95.9 cm³/mol. The van der Waals surface area contributed by atoms with E-state index in [1.54, 1.807) is 6.07 Å². The standard InChI is InChI=1S/C17H22BrFN2O4/c1-9(2)6-14(15(22)7-10(3)16(23)24)21-17(25)20-13-5-4-11(18)8-12(13)19/h4-5,8-10,14H,6-7H2,1-3H3,(H,23,24)(H2,20,21,25)/t10-,14+/m1/s1. The van der Waals surface area contributed by atoms with Gasteiger partial charge in [-0.05, 0) is 30.5 Å². The van der Waals surface area contributed by atoms with Crippen molar-refractivity contribution in [2.24, 2.45) is 11.8 Å². The highest BCUT2D eigenvalue weighted by molar-refractivity contribution is 9.10. The third kappa shape index (κ3) is 7.21. The van der Waals surface area contributed by atoms with Gasteiger partial charge in [0.15, 0.2) is 5.78 Å². The van der Waals surface area contributed by atoms with E-state index >= 15 is 0 Å². The molecule has 0 saturated carbocycles. The molecule has 0 unspecified atom stereocenters. The molecule has 2 atom stereocenters. The Bertz CT molecular complexity index is 652. The lowest BCUT2D eigenvalue weighted by Crippen LogP contribution is -2.44. The number of hydrogen-bond acceptors (Lipinski definition) is 3. The first-order valence-electron chi connectivity index (χ1n) is 7.88. The van der Waals surface area contributed by atoms with E-state index < -0.39 is 29.8 Å². The number of rotatable bonds is 8. The molecule has 0 fully saturated rings. The number of halogens is 2. The Morgan fingerprint density at radius 1 is 1.24 bits per heavy atom. The highest BCUT2D eigenvalue weighted by atomic mass is 79.9. The van der Waals surface area contributed by atoms with Crippen LogP contribution in [0.25, 0.3) is 0 Å². The molecule has 8 heteroatoms. The van der Waals surface area contributed by atoms with E-state index in [1.165, 1.54) is 19.1 Å². The Labute approximate surface area is 154 Å². The number of carbonyl (C=O) groups is 3. The molecule has 6 nitrogen and oxygen atoms in total. The quantitative estimate of drug-likeness (QED) is 0.600. The summed E-state index contributed by atoms with van der Waals surface area (Å²) in [7, 11) is 0. The lowest BCUT2D eigenvalue weighted by Gasteiger charge is -2.21. The number of anilines is 1. The van der Waals surface area contributed by atoms with E-state index in [4.69, 9.17) is 5.11 Å². The smallest absolute Gasteiger partial charge is 0.319 e. The van der Waals surface area contributed by atoms with Crippen LogP contribution >= 0.6 is 15.9 Å². The van der Waals surface area contributed by atoms with Crippen LogP contribution in [0.5, 0.6) is 0 Å². The SMILES string of the molecule is CC(C)C[C@H](NC(=O)Nc1ccc(Br)cc1F)C(=O)C[C@@H](C)C(=O)O. The van der Waals surface area contributed by atoms with Gasteiger partial charge in [0.25, 0.3) is 0 Å². The molecule has 2 amide bonds. The van der Waals surface area contributed by atoms with E-state index in [-0.39, 0.29) is 23.8 Å². The summed E-state index contributed by atoms with van der Waals surface area (Å²) in [4.78, 5) is 35.3. The lowest BCUT2D eigenvalue weighted by molar-refractivity contribution is -0.143. The second-order valence-corrected chi connectivity index (χ2v) is 7.23. The molecule has 0 saturated heterocycles. The summed E-state index contributed by atoms with van der Waals surface area (Å²) >= 11 is 3.12. The summed E-state index contributed by atoms with van der Waals surface area (Å²) in [5, 5.41) is 13.8. The number of benzene rings is 1. The van der Waals surface area contributed by atoms with Gasteiger partial charge in [-0.25, -0.2) is 9.18 Å². The summed E-state index contributed by atoms with van der Waals surface area (Å²) < 4.78 is 14.3. The summed E-state index contributed by atoms with van der Waals surface area (Å²) in [6, 6.07) is 2.62. The van der Waals surface area contributed by atoms with Crippen LogP contribution < -0.4 is 10.6 Å². The molecule has 0 bridgehead atoms. The molecule has 0 aromatic heterocycles. The monoisotopic (exact) mass is 416 g/mol. The van der Waals surface area contributed by atoms with E-state index in [2.05, 4.69) is 26.6 Å². The molecular weight excluding hydrogens is 395 g/mol. The number of Topliss-reactive ketones (excluding diaryl/α,β-unsaturated/α-hetero) is 1. The number of hydrogen-bond donors (Lipinski definition) is 3. The fourth-order valence-electron chi connectivity index (χ4n) is 2.18. The number of carboxylic acid groups (broad SMARTS) is 1. The maximum atomic E-state index is 13.8. The van der Waals surface area contributed by atoms with Crippen LogP contribution in [0, 0.1) is 17.7 Å². The van der Waals surface area contributed by atoms with Gasteiger partial charge < -0.3 is 15.7 Å². The average Bonchev–Trinajstić information content (AvgIpc) is 2.48. The third-order valence-electron chi connectivity index (χ3n) is 3.51. The van der Waals surface area contributed by atoms with Crippen LogP contribution in [0.4, 0.5) is 14.9 Å². The van der Waals surface area contributed by atoms with Crippen LogP contribution in [0.15, 0.2) is 22.7 Å². The lowest BCUT2D eigenvalue weighted by atomic mass is 9.94. The molecule has 1 aromatic carbocycles. The van der Waals surface area contributed by atoms with E-state index in [0.29, 0.717) is 10.9 Å². The van der Waals surface area contributed by atoms with Gasteiger partial charge in [-0.3, -0.25) is 9.59 Å². The number of carboxylic acids is 1. The van der Waals surface area contributed by atoms with Crippen molar-refractivity contribution in [2.75, 3.05) is 5.32 Å². The van der Waals surface area contributed by atoms with E-state index in [0.717, 1.165) is 0 Å². The van der Waals surface area contributed by atoms with Crippen LogP contribution in [0.1, 0.15) is 33.6 Å². The molecular formula is C17H22BrFN2O4. The molecule has 0 aliphatic heterocycles. The Kier molecular flexibility index (Phi) is 8.02.